The molecule has 2 rings (SSSR count). The summed E-state index contributed by atoms with van der Waals surface area (Å²) in [6.07, 6.45) is 4.34. The summed E-state index contributed by atoms with van der Waals surface area (Å²) in [6.45, 7) is 3.57. The van der Waals surface area contributed by atoms with Crippen molar-refractivity contribution in [3.8, 4) is 0 Å². The van der Waals surface area contributed by atoms with Crippen LogP contribution in [0.15, 0.2) is 12.1 Å². The average molecular weight is 298 g/mol. The topological polar surface area (TPSA) is 29.3 Å². The molecule has 1 aliphatic rings. The molecule has 2 nitrogen and oxygen atoms in total. The van der Waals surface area contributed by atoms with E-state index in [0.29, 0.717) is 19.0 Å². The number of hydrogen-bond donors (Lipinski definition) is 1. The van der Waals surface area contributed by atoms with Crippen molar-refractivity contribution in [1.82, 2.24) is 0 Å². The SMILES string of the molecule is CCCC1CCN(c2c(F)cc(C(N)=S)cc2F)CC1. The third-order valence-electron chi connectivity index (χ3n) is 3.93. The van der Waals surface area contributed by atoms with Crippen molar-refractivity contribution in [1.29, 1.82) is 0 Å². The zero-order chi connectivity index (χ0) is 14.7. The van der Waals surface area contributed by atoms with Gasteiger partial charge in [-0.25, -0.2) is 8.78 Å². The molecule has 0 atom stereocenters. The maximum Gasteiger partial charge on any atom is 0.150 e. The molecule has 0 unspecified atom stereocenters. The minimum absolute atomic E-state index is 0.0102. The van der Waals surface area contributed by atoms with Crippen molar-refractivity contribution in [3.63, 3.8) is 0 Å². The van der Waals surface area contributed by atoms with E-state index in [1.165, 1.54) is 18.6 Å². The molecule has 5 heteroatoms. The first-order valence-electron chi connectivity index (χ1n) is 7.06. The van der Waals surface area contributed by atoms with E-state index in [9.17, 15) is 8.78 Å². The molecule has 0 bridgehead atoms. The van der Waals surface area contributed by atoms with Gasteiger partial charge in [0.05, 0.1) is 0 Å². The first-order chi connectivity index (χ1) is 9.52. The second-order valence-corrected chi connectivity index (χ2v) is 5.81. The number of nitrogens with two attached hydrogens (primary N) is 1. The van der Waals surface area contributed by atoms with Crippen molar-refractivity contribution < 1.29 is 8.78 Å². The Hall–Kier alpha value is -1.23. The summed E-state index contributed by atoms with van der Waals surface area (Å²) in [5.41, 5.74) is 5.71. The predicted molar refractivity (Wildman–Crippen MR) is 82.1 cm³/mol. The molecule has 0 spiro atoms. The number of piperidine rings is 1. The van der Waals surface area contributed by atoms with Crippen LogP contribution < -0.4 is 10.6 Å². The molecule has 1 saturated heterocycles. The molecule has 0 radical (unpaired) electrons. The molecular weight excluding hydrogens is 278 g/mol. The van der Waals surface area contributed by atoms with Gasteiger partial charge in [0, 0.05) is 18.7 Å². The van der Waals surface area contributed by atoms with Crippen LogP contribution in [0.4, 0.5) is 14.5 Å². The number of hydrogen-bond acceptors (Lipinski definition) is 2. The lowest BCUT2D eigenvalue weighted by Gasteiger charge is -2.34. The van der Waals surface area contributed by atoms with Crippen LogP contribution in [-0.4, -0.2) is 18.1 Å². The summed E-state index contributed by atoms with van der Waals surface area (Å²) in [7, 11) is 0. The number of rotatable bonds is 4. The quantitative estimate of drug-likeness (QED) is 0.861. The highest BCUT2D eigenvalue weighted by molar-refractivity contribution is 7.80. The highest BCUT2D eigenvalue weighted by Gasteiger charge is 2.24. The molecule has 0 amide bonds. The summed E-state index contributed by atoms with van der Waals surface area (Å²) >= 11 is 4.76. The first-order valence-corrected chi connectivity index (χ1v) is 7.47. The number of halogens is 2. The van der Waals surface area contributed by atoms with Crippen LogP contribution in [0.5, 0.6) is 0 Å². The molecule has 1 aromatic rings. The average Bonchev–Trinajstić information content (AvgIpc) is 2.40. The van der Waals surface area contributed by atoms with Crippen molar-refractivity contribution in [2.24, 2.45) is 11.7 Å². The van der Waals surface area contributed by atoms with Gasteiger partial charge in [-0.1, -0.05) is 32.0 Å². The fourth-order valence-electron chi connectivity index (χ4n) is 2.86. The Bertz CT molecular complexity index is 474. The summed E-state index contributed by atoms with van der Waals surface area (Å²) in [5.74, 6) is -0.484. The zero-order valence-electron chi connectivity index (χ0n) is 11.7. The molecular formula is C15H20F2N2S. The predicted octanol–water partition coefficient (Wildman–Crippen LogP) is 3.62. The lowest BCUT2D eigenvalue weighted by molar-refractivity contribution is 0.374. The van der Waals surface area contributed by atoms with Gasteiger partial charge in [-0.05, 0) is 30.9 Å². The van der Waals surface area contributed by atoms with E-state index in [4.69, 9.17) is 18.0 Å². The summed E-state index contributed by atoms with van der Waals surface area (Å²) in [5, 5.41) is 0. The van der Waals surface area contributed by atoms with E-state index in [1.807, 2.05) is 0 Å². The zero-order valence-corrected chi connectivity index (χ0v) is 12.5. The van der Waals surface area contributed by atoms with E-state index >= 15 is 0 Å². The maximum absolute atomic E-state index is 14.1. The Morgan fingerprint density at radius 3 is 2.30 bits per heavy atom. The van der Waals surface area contributed by atoms with Crippen LogP contribution in [0.2, 0.25) is 0 Å². The standard InChI is InChI=1S/C15H20F2N2S/c1-2-3-10-4-6-19(7-5-10)14-12(16)8-11(15(18)20)9-13(14)17/h8-10H,2-7H2,1H3,(H2,18,20). The van der Waals surface area contributed by atoms with E-state index < -0.39 is 11.6 Å². The van der Waals surface area contributed by atoms with Crippen LogP contribution in [-0.2, 0) is 0 Å². The molecule has 0 aliphatic carbocycles. The Morgan fingerprint density at radius 1 is 1.30 bits per heavy atom. The Kier molecular flexibility index (Phi) is 4.91. The van der Waals surface area contributed by atoms with Crippen LogP contribution >= 0.6 is 12.2 Å². The monoisotopic (exact) mass is 298 g/mol. The molecule has 0 saturated carbocycles. The minimum Gasteiger partial charge on any atom is -0.389 e. The molecule has 110 valence electrons. The van der Waals surface area contributed by atoms with E-state index in [2.05, 4.69) is 6.92 Å². The largest absolute Gasteiger partial charge is 0.389 e. The summed E-state index contributed by atoms with van der Waals surface area (Å²) < 4.78 is 28.2. The Morgan fingerprint density at radius 2 is 1.85 bits per heavy atom. The van der Waals surface area contributed by atoms with Crippen molar-refractivity contribution in [3.05, 3.63) is 29.3 Å². The summed E-state index contributed by atoms with van der Waals surface area (Å²) in [4.78, 5) is 1.80. The van der Waals surface area contributed by atoms with Gasteiger partial charge in [-0.2, -0.15) is 0 Å². The van der Waals surface area contributed by atoms with Gasteiger partial charge in [0.2, 0.25) is 0 Å². The van der Waals surface area contributed by atoms with Crippen LogP contribution in [0.25, 0.3) is 0 Å². The van der Waals surface area contributed by atoms with Gasteiger partial charge in [0.15, 0.2) is 0 Å². The highest BCUT2D eigenvalue weighted by Crippen LogP contribution is 2.30. The number of anilines is 1. The van der Waals surface area contributed by atoms with Gasteiger partial charge in [-0.3, -0.25) is 0 Å². The van der Waals surface area contributed by atoms with E-state index in [0.717, 1.165) is 19.3 Å². The highest BCUT2D eigenvalue weighted by atomic mass is 32.1. The lowest BCUT2D eigenvalue weighted by Crippen LogP contribution is -2.35. The van der Waals surface area contributed by atoms with E-state index in [-0.39, 0.29) is 16.2 Å². The minimum atomic E-state index is -0.582. The van der Waals surface area contributed by atoms with Crippen LogP contribution in [0.1, 0.15) is 38.2 Å². The molecule has 1 aromatic carbocycles. The number of nitrogens with zero attached hydrogens (tertiary/aromatic N) is 1. The second-order valence-electron chi connectivity index (χ2n) is 5.37. The van der Waals surface area contributed by atoms with Gasteiger partial charge >= 0.3 is 0 Å². The van der Waals surface area contributed by atoms with E-state index in [1.54, 1.807) is 4.90 Å². The molecule has 2 N–H and O–H groups in total. The smallest absolute Gasteiger partial charge is 0.150 e. The van der Waals surface area contributed by atoms with Crippen molar-refractivity contribution in [2.45, 2.75) is 32.6 Å². The van der Waals surface area contributed by atoms with Crippen molar-refractivity contribution in [2.75, 3.05) is 18.0 Å². The van der Waals surface area contributed by atoms with Gasteiger partial charge in [-0.15, -0.1) is 0 Å². The molecule has 0 aromatic heterocycles. The number of thiocarbonyl (C=S) groups is 1. The van der Waals surface area contributed by atoms with Crippen LogP contribution in [0.3, 0.4) is 0 Å². The fourth-order valence-corrected chi connectivity index (χ4v) is 2.98. The third kappa shape index (κ3) is 3.26. The first kappa shape index (κ1) is 15.2. The van der Waals surface area contributed by atoms with Crippen LogP contribution in [0, 0.1) is 17.6 Å². The number of benzene rings is 1. The second kappa shape index (κ2) is 6.48. The van der Waals surface area contributed by atoms with Gasteiger partial charge in [0.25, 0.3) is 0 Å². The molecule has 1 fully saturated rings. The molecule has 1 heterocycles. The Balaban J connectivity index is 2.16. The molecule has 20 heavy (non-hydrogen) atoms. The lowest BCUT2D eigenvalue weighted by atomic mass is 9.92. The fraction of sp³-hybridized carbons (Fsp3) is 0.533. The van der Waals surface area contributed by atoms with Crippen molar-refractivity contribution >= 4 is 22.9 Å². The molecule has 1 aliphatic heterocycles. The Labute approximate surface area is 123 Å². The van der Waals surface area contributed by atoms with Gasteiger partial charge in [0.1, 0.15) is 22.3 Å². The summed E-state index contributed by atoms with van der Waals surface area (Å²) in [6, 6.07) is 2.44. The third-order valence-corrected chi connectivity index (χ3v) is 4.16. The van der Waals surface area contributed by atoms with Gasteiger partial charge < -0.3 is 10.6 Å². The normalized spacial score (nSPS) is 16.4. The maximum atomic E-state index is 14.1.